The van der Waals surface area contributed by atoms with Crippen LogP contribution in [0.1, 0.15) is 77.6 Å². The summed E-state index contributed by atoms with van der Waals surface area (Å²) in [5.41, 5.74) is 7.11. The Bertz CT molecular complexity index is 433. The van der Waals surface area contributed by atoms with E-state index in [-0.39, 0.29) is 11.9 Å². The van der Waals surface area contributed by atoms with Crippen LogP contribution in [0.2, 0.25) is 0 Å². The van der Waals surface area contributed by atoms with Gasteiger partial charge >= 0.3 is 0 Å². The molecule has 0 aromatic heterocycles. The molecule has 1 atom stereocenters. The predicted molar refractivity (Wildman–Crippen MR) is 104 cm³/mol. The number of anilines is 1. The number of hydrogen-bond acceptors (Lipinski definition) is 2. The third-order valence-corrected chi connectivity index (χ3v) is 4.68. The van der Waals surface area contributed by atoms with Crippen LogP contribution in [0, 0.1) is 0 Å². The van der Waals surface area contributed by atoms with Crippen LogP contribution in [0.5, 0.6) is 0 Å². The maximum atomic E-state index is 12.2. The highest BCUT2D eigenvalue weighted by atomic mass is 16.2. The maximum Gasteiger partial charge on any atom is 0.226 e. The van der Waals surface area contributed by atoms with Gasteiger partial charge in [-0.25, -0.2) is 0 Å². The molecule has 0 spiro atoms. The first kappa shape index (κ1) is 20.7. The fraction of sp³-hybridized carbons (Fsp3) is 0.667. The number of carbonyl (C=O) groups excluding carboxylic acids is 1. The van der Waals surface area contributed by atoms with Crippen molar-refractivity contribution in [1.29, 1.82) is 0 Å². The Kier molecular flexibility index (Phi) is 11.2. The Morgan fingerprint density at radius 2 is 1.54 bits per heavy atom. The van der Waals surface area contributed by atoms with E-state index in [1.807, 2.05) is 37.4 Å². The molecular weight excluding hydrogens is 296 g/mol. The minimum atomic E-state index is 0.146. The largest absolute Gasteiger partial charge is 0.328 e. The van der Waals surface area contributed by atoms with Crippen LogP contribution >= 0.6 is 0 Å². The van der Waals surface area contributed by atoms with Crippen molar-refractivity contribution < 1.29 is 4.79 Å². The van der Waals surface area contributed by atoms with Crippen molar-refractivity contribution in [3.8, 4) is 0 Å². The van der Waals surface area contributed by atoms with E-state index in [0.717, 1.165) is 18.5 Å². The monoisotopic (exact) mass is 332 g/mol. The normalized spacial score (nSPS) is 12.1. The molecule has 1 aromatic rings. The van der Waals surface area contributed by atoms with E-state index >= 15 is 0 Å². The number of nitrogens with zero attached hydrogens (tertiary/aromatic N) is 1. The summed E-state index contributed by atoms with van der Waals surface area (Å²) >= 11 is 0. The van der Waals surface area contributed by atoms with Crippen molar-refractivity contribution >= 4 is 11.6 Å². The molecule has 24 heavy (non-hydrogen) atoms. The van der Waals surface area contributed by atoms with E-state index in [1.54, 1.807) is 4.90 Å². The van der Waals surface area contributed by atoms with Crippen LogP contribution in [-0.2, 0) is 4.79 Å². The second kappa shape index (κ2) is 13.0. The standard InChI is InChI=1S/C21H36N2O/c1-3-4-5-6-7-8-9-11-14-19(22)17-18-21(24)23(2)20-15-12-10-13-16-20/h10,12-13,15-16,19H,3-9,11,14,17-18,22H2,1-2H3. The number of benzene rings is 1. The third kappa shape index (κ3) is 9.07. The molecule has 3 heteroatoms. The summed E-state index contributed by atoms with van der Waals surface area (Å²) in [4.78, 5) is 13.9. The highest BCUT2D eigenvalue weighted by molar-refractivity contribution is 5.92. The molecule has 0 saturated heterocycles. The van der Waals surface area contributed by atoms with Crippen LogP contribution in [0.15, 0.2) is 30.3 Å². The molecule has 0 fully saturated rings. The quantitative estimate of drug-likeness (QED) is 0.499. The molecule has 0 radical (unpaired) electrons. The summed E-state index contributed by atoms with van der Waals surface area (Å²) in [6.45, 7) is 2.25. The van der Waals surface area contributed by atoms with Crippen LogP contribution < -0.4 is 10.6 Å². The molecule has 0 bridgehead atoms. The molecule has 2 N–H and O–H groups in total. The topological polar surface area (TPSA) is 46.3 Å². The maximum absolute atomic E-state index is 12.2. The molecule has 0 aliphatic heterocycles. The van der Waals surface area contributed by atoms with Crippen LogP contribution in [0.25, 0.3) is 0 Å². The molecule has 1 amide bonds. The average molecular weight is 333 g/mol. The molecular formula is C21H36N2O. The summed E-state index contributed by atoms with van der Waals surface area (Å²) in [6, 6.07) is 9.93. The zero-order chi connectivity index (χ0) is 17.6. The molecule has 1 aromatic carbocycles. The van der Waals surface area contributed by atoms with Gasteiger partial charge in [0.05, 0.1) is 0 Å². The second-order valence-electron chi connectivity index (χ2n) is 6.85. The number of unbranched alkanes of at least 4 members (excludes halogenated alkanes) is 7. The average Bonchev–Trinajstić information content (AvgIpc) is 2.62. The zero-order valence-corrected chi connectivity index (χ0v) is 15.7. The summed E-state index contributed by atoms with van der Waals surface area (Å²) in [5.74, 6) is 0.146. The minimum Gasteiger partial charge on any atom is -0.328 e. The Balaban J connectivity index is 2.07. The first-order valence-corrected chi connectivity index (χ1v) is 9.72. The highest BCUT2D eigenvalue weighted by Crippen LogP contribution is 2.15. The summed E-state index contributed by atoms with van der Waals surface area (Å²) in [7, 11) is 1.84. The van der Waals surface area contributed by atoms with Gasteiger partial charge < -0.3 is 10.6 Å². The van der Waals surface area contributed by atoms with Gasteiger partial charge in [0.2, 0.25) is 5.91 Å². The second-order valence-corrected chi connectivity index (χ2v) is 6.85. The minimum absolute atomic E-state index is 0.146. The highest BCUT2D eigenvalue weighted by Gasteiger charge is 2.12. The fourth-order valence-electron chi connectivity index (χ4n) is 2.96. The fourth-order valence-corrected chi connectivity index (χ4v) is 2.96. The van der Waals surface area contributed by atoms with Crippen LogP contribution in [-0.4, -0.2) is 19.0 Å². The summed E-state index contributed by atoms with van der Waals surface area (Å²) < 4.78 is 0. The van der Waals surface area contributed by atoms with Crippen molar-refractivity contribution in [2.75, 3.05) is 11.9 Å². The van der Waals surface area contributed by atoms with E-state index in [2.05, 4.69) is 6.92 Å². The Morgan fingerprint density at radius 1 is 0.958 bits per heavy atom. The number of para-hydroxylation sites is 1. The summed E-state index contributed by atoms with van der Waals surface area (Å²) in [5, 5.41) is 0. The first-order chi connectivity index (χ1) is 11.6. The smallest absolute Gasteiger partial charge is 0.226 e. The molecule has 136 valence electrons. The molecule has 1 rings (SSSR count). The molecule has 0 aliphatic carbocycles. The van der Waals surface area contributed by atoms with Gasteiger partial charge in [-0.1, -0.05) is 76.5 Å². The van der Waals surface area contributed by atoms with Gasteiger partial charge in [-0.05, 0) is 25.0 Å². The van der Waals surface area contributed by atoms with Crippen LogP contribution in [0.3, 0.4) is 0 Å². The van der Waals surface area contributed by atoms with E-state index in [1.165, 1.54) is 51.4 Å². The van der Waals surface area contributed by atoms with Crippen molar-refractivity contribution in [1.82, 2.24) is 0 Å². The van der Waals surface area contributed by atoms with Gasteiger partial charge in [0, 0.05) is 25.2 Å². The number of carbonyl (C=O) groups is 1. The van der Waals surface area contributed by atoms with Crippen molar-refractivity contribution in [3.05, 3.63) is 30.3 Å². The SMILES string of the molecule is CCCCCCCCCCC(N)CCC(=O)N(C)c1ccccc1. The van der Waals surface area contributed by atoms with Crippen molar-refractivity contribution in [2.45, 2.75) is 83.6 Å². The number of amides is 1. The van der Waals surface area contributed by atoms with Crippen molar-refractivity contribution in [2.24, 2.45) is 5.73 Å². The third-order valence-electron chi connectivity index (χ3n) is 4.68. The lowest BCUT2D eigenvalue weighted by molar-refractivity contribution is -0.118. The van der Waals surface area contributed by atoms with E-state index in [4.69, 9.17) is 5.73 Å². The summed E-state index contributed by atoms with van der Waals surface area (Å²) in [6.07, 6.45) is 12.9. The molecule has 0 aliphatic rings. The lowest BCUT2D eigenvalue weighted by Gasteiger charge is -2.18. The van der Waals surface area contributed by atoms with E-state index in [9.17, 15) is 4.79 Å². The first-order valence-electron chi connectivity index (χ1n) is 9.72. The number of rotatable bonds is 13. The lowest BCUT2D eigenvalue weighted by Crippen LogP contribution is -2.29. The molecule has 0 saturated carbocycles. The number of nitrogens with two attached hydrogens (primary N) is 1. The van der Waals surface area contributed by atoms with Crippen molar-refractivity contribution in [3.63, 3.8) is 0 Å². The van der Waals surface area contributed by atoms with Gasteiger partial charge in [-0.15, -0.1) is 0 Å². The van der Waals surface area contributed by atoms with Gasteiger partial charge in [-0.2, -0.15) is 0 Å². The van der Waals surface area contributed by atoms with Gasteiger partial charge in [-0.3, -0.25) is 4.79 Å². The Morgan fingerprint density at radius 3 is 2.17 bits per heavy atom. The van der Waals surface area contributed by atoms with Crippen LogP contribution in [0.4, 0.5) is 5.69 Å². The molecule has 3 nitrogen and oxygen atoms in total. The van der Waals surface area contributed by atoms with Gasteiger partial charge in [0.25, 0.3) is 0 Å². The molecule has 0 heterocycles. The van der Waals surface area contributed by atoms with E-state index < -0.39 is 0 Å². The van der Waals surface area contributed by atoms with Gasteiger partial charge in [0.1, 0.15) is 0 Å². The van der Waals surface area contributed by atoms with E-state index in [0.29, 0.717) is 6.42 Å². The Labute approximate surface area is 148 Å². The Hall–Kier alpha value is -1.35. The zero-order valence-electron chi connectivity index (χ0n) is 15.7. The number of hydrogen-bond donors (Lipinski definition) is 1. The lowest BCUT2D eigenvalue weighted by atomic mass is 10.0. The molecule has 1 unspecified atom stereocenters. The van der Waals surface area contributed by atoms with Gasteiger partial charge in [0.15, 0.2) is 0 Å². The predicted octanol–water partition coefficient (Wildman–Crippen LogP) is 5.29.